The van der Waals surface area contributed by atoms with Gasteiger partial charge in [0.05, 0.1) is 5.69 Å². The Bertz CT molecular complexity index is 327. The predicted molar refractivity (Wildman–Crippen MR) is 75.7 cm³/mol. The fourth-order valence-electron chi connectivity index (χ4n) is 2.06. The number of hydrogen-bond acceptors (Lipinski definition) is 4. The lowest BCUT2D eigenvalue weighted by atomic mass is 9.95. The van der Waals surface area contributed by atoms with Crippen LogP contribution in [0.1, 0.15) is 24.5 Å². The fourth-order valence-corrected chi connectivity index (χ4v) is 2.06. The van der Waals surface area contributed by atoms with Crippen LogP contribution in [0.5, 0.6) is 0 Å². The van der Waals surface area contributed by atoms with Gasteiger partial charge in [0.25, 0.3) is 0 Å². The number of anilines is 1. The first-order chi connectivity index (χ1) is 7.29. The highest BCUT2D eigenvalue weighted by Gasteiger charge is 2.20. The Kier molecular flexibility index (Phi) is 7.43. The van der Waals surface area contributed by atoms with Crippen LogP contribution in [0.3, 0.4) is 0 Å². The largest absolute Gasteiger partial charge is 0.361 e. The molecule has 1 fully saturated rings. The Morgan fingerprint density at radius 1 is 1.24 bits per heavy atom. The first-order valence-corrected chi connectivity index (χ1v) is 5.48. The second-order valence-electron chi connectivity index (χ2n) is 4.20. The van der Waals surface area contributed by atoms with Crippen molar-refractivity contribution >= 4 is 30.6 Å². The average Bonchev–Trinajstić information content (AvgIpc) is 2.30. The van der Waals surface area contributed by atoms with Crippen LogP contribution >= 0.6 is 24.8 Å². The predicted octanol–water partition coefficient (Wildman–Crippen LogP) is 1.85. The Labute approximate surface area is 115 Å². The van der Waals surface area contributed by atoms with Gasteiger partial charge in [0.1, 0.15) is 5.82 Å². The standard InChI is InChI=1S/C11H18N4.2ClH/c1-15(2)11-10(13-6-7-14-11)9-4-3-5-12-8-9;;/h6-7,9,12H,3-5,8H2,1-2H3;2*1H. The smallest absolute Gasteiger partial charge is 0.150 e. The van der Waals surface area contributed by atoms with Crippen molar-refractivity contribution in [2.45, 2.75) is 18.8 Å². The van der Waals surface area contributed by atoms with Crippen LogP contribution in [0.25, 0.3) is 0 Å². The zero-order valence-corrected chi connectivity index (χ0v) is 11.9. The van der Waals surface area contributed by atoms with E-state index in [1.807, 2.05) is 19.0 Å². The van der Waals surface area contributed by atoms with Crippen LogP contribution in [0.2, 0.25) is 0 Å². The first-order valence-electron chi connectivity index (χ1n) is 5.48. The summed E-state index contributed by atoms with van der Waals surface area (Å²) >= 11 is 0. The van der Waals surface area contributed by atoms with E-state index in [0.29, 0.717) is 5.92 Å². The van der Waals surface area contributed by atoms with Crippen molar-refractivity contribution in [3.63, 3.8) is 0 Å². The molecule has 0 saturated carbocycles. The number of nitrogens with one attached hydrogen (secondary N) is 1. The highest BCUT2D eigenvalue weighted by Crippen LogP contribution is 2.26. The Balaban J connectivity index is 0.00000128. The summed E-state index contributed by atoms with van der Waals surface area (Å²) < 4.78 is 0. The molecule has 0 spiro atoms. The van der Waals surface area contributed by atoms with Gasteiger partial charge in [-0.25, -0.2) is 4.98 Å². The van der Waals surface area contributed by atoms with Crippen molar-refractivity contribution in [2.24, 2.45) is 0 Å². The SMILES string of the molecule is CN(C)c1nccnc1C1CCCNC1.Cl.Cl. The normalized spacial score (nSPS) is 18.8. The molecular weight excluding hydrogens is 259 g/mol. The topological polar surface area (TPSA) is 41.1 Å². The summed E-state index contributed by atoms with van der Waals surface area (Å²) in [7, 11) is 4.04. The van der Waals surface area contributed by atoms with Gasteiger partial charge in [-0.15, -0.1) is 24.8 Å². The average molecular weight is 279 g/mol. The molecule has 1 aromatic heterocycles. The van der Waals surface area contributed by atoms with Gasteiger partial charge in [-0.05, 0) is 19.4 Å². The summed E-state index contributed by atoms with van der Waals surface area (Å²) in [6.07, 6.45) is 5.99. The van der Waals surface area contributed by atoms with Gasteiger partial charge >= 0.3 is 0 Å². The Morgan fingerprint density at radius 2 is 1.94 bits per heavy atom. The molecule has 1 aliphatic heterocycles. The summed E-state index contributed by atoms with van der Waals surface area (Å²) in [5.41, 5.74) is 1.13. The molecule has 1 aromatic rings. The summed E-state index contributed by atoms with van der Waals surface area (Å²) in [5.74, 6) is 1.52. The highest BCUT2D eigenvalue weighted by molar-refractivity contribution is 5.85. The van der Waals surface area contributed by atoms with E-state index in [1.54, 1.807) is 12.4 Å². The van der Waals surface area contributed by atoms with E-state index in [4.69, 9.17) is 0 Å². The maximum atomic E-state index is 4.48. The minimum atomic E-state index is 0. The van der Waals surface area contributed by atoms with Crippen molar-refractivity contribution < 1.29 is 0 Å². The van der Waals surface area contributed by atoms with Crippen LogP contribution in [0, 0.1) is 0 Å². The number of piperidine rings is 1. The van der Waals surface area contributed by atoms with Gasteiger partial charge < -0.3 is 10.2 Å². The summed E-state index contributed by atoms with van der Waals surface area (Å²) in [4.78, 5) is 10.9. The van der Waals surface area contributed by atoms with Gasteiger partial charge in [-0.3, -0.25) is 4.98 Å². The molecule has 1 atom stereocenters. The van der Waals surface area contributed by atoms with Crippen LogP contribution < -0.4 is 10.2 Å². The summed E-state index contributed by atoms with van der Waals surface area (Å²) in [6.45, 7) is 2.16. The number of rotatable bonds is 2. The first kappa shape index (κ1) is 16.4. The van der Waals surface area contributed by atoms with E-state index in [-0.39, 0.29) is 24.8 Å². The Hall–Kier alpha value is -0.580. The van der Waals surface area contributed by atoms with E-state index in [9.17, 15) is 0 Å². The lowest BCUT2D eigenvalue weighted by molar-refractivity contribution is 0.454. The summed E-state index contributed by atoms with van der Waals surface area (Å²) in [6, 6.07) is 0. The molecule has 0 radical (unpaired) electrons. The van der Waals surface area contributed by atoms with E-state index >= 15 is 0 Å². The van der Waals surface area contributed by atoms with Crippen LogP contribution in [-0.2, 0) is 0 Å². The molecular formula is C11H20Cl2N4. The zero-order chi connectivity index (χ0) is 10.7. The van der Waals surface area contributed by atoms with Crippen molar-refractivity contribution in [3.05, 3.63) is 18.1 Å². The van der Waals surface area contributed by atoms with Crippen LogP contribution in [0.4, 0.5) is 5.82 Å². The lowest BCUT2D eigenvalue weighted by Crippen LogP contribution is -2.30. The van der Waals surface area contributed by atoms with Crippen molar-refractivity contribution in [3.8, 4) is 0 Å². The number of nitrogens with zero attached hydrogens (tertiary/aromatic N) is 3. The monoisotopic (exact) mass is 278 g/mol. The molecule has 1 saturated heterocycles. The number of aromatic nitrogens is 2. The second-order valence-corrected chi connectivity index (χ2v) is 4.20. The molecule has 2 rings (SSSR count). The van der Waals surface area contributed by atoms with E-state index in [1.165, 1.54) is 12.8 Å². The minimum Gasteiger partial charge on any atom is -0.361 e. The van der Waals surface area contributed by atoms with Crippen molar-refractivity contribution in [2.75, 3.05) is 32.1 Å². The maximum absolute atomic E-state index is 4.48. The lowest BCUT2D eigenvalue weighted by Gasteiger charge is -2.25. The van der Waals surface area contributed by atoms with Gasteiger partial charge in [-0.2, -0.15) is 0 Å². The van der Waals surface area contributed by atoms with Crippen LogP contribution in [-0.4, -0.2) is 37.2 Å². The molecule has 0 aliphatic carbocycles. The van der Waals surface area contributed by atoms with Crippen LogP contribution in [0.15, 0.2) is 12.4 Å². The van der Waals surface area contributed by atoms with Gasteiger partial charge in [0.15, 0.2) is 0 Å². The molecule has 1 unspecified atom stereocenters. The third-order valence-corrected chi connectivity index (χ3v) is 2.81. The van der Waals surface area contributed by atoms with E-state index < -0.39 is 0 Å². The maximum Gasteiger partial charge on any atom is 0.150 e. The molecule has 1 N–H and O–H groups in total. The quantitative estimate of drug-likeness (QED) is 0.897. The summed E-state index contributed by atoms with van der Waals surface area (Å²) in [5, 5.41) is 3.41. The number of halogens is 2. The third kappa shape index (κ3) is 3.98. The molecule has 2 heterocycles. The van der Waals surface area contributed by atoms with Crippen molar-refractivity contribution in [1.29, 1.82) is 0 Å². The number of hydrogen-bond donors (Lipinski definition) is 1. The molecule has 4 nitrogen and oxygen atoms in total. The van der Waals surface area contributed by atoms with Crippen molar-refractivity contribution in [1.82, 2.24) is 15.3 Å². The second kappa shape index (κ2) is 7.69. The minimum absolute atomic E-state index is 0. The molecule has 98 valence electrons. The fraction of sp³-hybridized carbons (Fsp3) is 0.636. The van der Waals surface area contributed by atoms with Gasteiger partial charge in [0.2, 0.25) is 0 Å². The molecule has 0 amide bonds. The highest BCUT2D eigenvalue weighted by atomic mass is 35.5. The molecule has 0 bridgehead atoms. The Morgan fingerprint density at radius 3 is 2.53 bits per heavy atom. The molecule has 0 aromatic carbocycles. The van der Waals surface area contributed by atoms with Gasteiger partial charge in [0, 0.05) is 39.0 Å². The molecule has 1 aliphatic rings. The molecule has 17 heavy (non-hydrogen) atoms. The van der Waals surface area contributed by atoms with E-state index in [2.05, 4.69) is 15.3 Å². The molecule has 6 heteroatoms. The zero-order valence-electron chi connectivity index (χ0n) is 10.2. The van der Waals surface area contributed by atoms with Gasteiger partial charge in [-0.1, -0.05) is 0 Å². The van der Waals surface area contributed by atoms with E-state index in [0.717, 1.165) is 24.6 Å². The third-order valence-electron chi connectivity index (χ3n) is 2.81.